The van der Waals surface area contributed by atoms with Crippen LogP contribution >= 0.6 is 0 Å². The summed E-state index contributed by atoms with van der Waals surface area (Å²) in [6, 6.07) is 2.60. The molecule has 2 aromatic heterocycles. The molecule has 0 spiro atoms. The number of carbonyl (C=O) groups is 1. The van der Waals surface area contributed by atoms with Crippen LogP contribution in [0.3, 0.4) is 0 Å². The average molecular weight is 455 g/mol. The number of piperidine rings is 1. The summed E-state index contributed by atoms with van der Waals surface area (Å²) >= 11 is 0. The molecular formula is C24H34N6O3. The molecule has 3 aliphatic rings. The number of amides is 2. The Bertz CT molecular complexity index is 984. The molecule has 2 atom stereocenters. The summed E-state index contributed by atoms with van der Waals surface area (Å²) in [6.07, 6.45) is 6.49. The first-order valence-corrected chi connectivity index (χ1v) is 12.2. The molecule has 2 saturated heterocycles. The van der Waals surface area contributed by atoms with E-state index in [2.05, 4.69) is 39.2 Å². The van der Waals surface area contributed by atoms with Gasteiger partial charge in [0.2, 0.25) is 5.88 Å². The minimum atomic E-state index is -0.0622. The highest BCUT2D eigenvalue weighted by Gasteiger charge is 2.43. The number of aromatic nitrogens is 3. The molecule has 0 aromatic carbocycles. The van der Waals surface area contributed by atoms with E-state index in [1.54, 1.807) is 11.1 Å². The van der Waals surface area contributed by atoms with E-state index in [1.807, 2.05) is 13.0 Å². The highest BCUT2D eigenvalue weighted by Crippen LogP contribution is 2.50. The van der Waals surface area contributed by atoms with Crippen molar-refractivity contribution in [2.45, 2.75) is 52.4 Å². The van der Waals surface area contributed by atoms with Crippen molar-refractivity contribution in [1.29, 1.82) is 0 Å². The minimum Gasteiger partial charge on any atom is -0.477 e. The van der Waals surface area contributed by atoms with Gasteiger partial charge >= 0.3 is 12.0 Å². The number of aryl methyl sites for hydroxylation is 1. The maximum Gasteiger partial charge on any atom is 0.324 e. The summed E-state index contributed by atoms with van der Waals surface area (Å²) < 4.78 is 11.5. The predicted molar refractivity (Wildman–Crippen MR) is 125 cm³/mol. The third-order valence-electron chi connectivity index (χ3n) is 7.25. The van der Waals surface area contributed by atoms with Gasteiger partial charge < -0.3 is 19.5 Å². The van der Waals surface area contributed by atoms with E-state index in [0.29, 0.717) is 31.6 Å². The Balaban J connectivity index is 1.05. The Morgan fingerprint density at radius 3 is 2.76 bits per heavy atom. The van der Waals surface area contributed by atoms with Crippen LogP contribution in [0.2, 0.25) is 0 Å². The number of nitrogens with one attached hydrogen (secondary N) is 1. The van der Waals surface area contributed by atoms with Gasteiger partial charge in [-0.25, -0.2) is 9.78 Å². The Morgan fingerprint density at radius 1 is 1.27 bits per heavy atom. The summed E-state index contributed by atoms with van der Waals surface area (Å²) in [5.41, 5.74) is 1.79. The van der Waals surface area contributed by atoms with E-state index in [9.17, 15) is 4.79 Å². The van der Waals surface area contributed by atoms with Crippen LogP contribution in [0.25, 0.3) is 0 Å². The van der Waals surface area contributed by atoms with Crippen LogP contribution in [-0.2, 0) is 0 Å². The van der Waals surface area contributed by atoms with Crippen LogP contribution in [-0.4, -0.2) is 53.9 Å². The van der Waals surface area contributed by atoms with Crippen LogP contribution in [0, 0.1) is 24.7 Å². The largest absolute Gasteiger partial charge is 0.477 e. The molecule has 2 aliphatic heterocycles. The normalized spacial score (nSPS) is 23.3. The summed E-state index contributed by atoms with van der Waals surface area (Å²) in [6.45, 7) is 10.2. The molecule has 5 rings (SSSR count). The molecule has 1 aliphatic carbocycles. The first-order valence-electron chi connectivity index (χ1n) is 12.2. The molecule has 9 heteroatoms. The molecule has 1 N–H and O–H groups in total. The van der Waals surface area contributed by atoms with Gasteiger partial charge in [0.15, 0.2) is 5.82 Å². The number of urea groups is 1. The Labute approximate surface area is 194 Å². The lowest BCUT2D eigenvalue weighted by molar-refractivity contribution is 0.252. The molecule has 0 bridgehead atoms. The number of hydrogen-bond acceptors (Lipinski definition) is 7. The fourth-order valence-corrected chi connectivity index (χ4v) is 5.16. The first-order chi connectivity index (χ1) is 16.0. The van der Waals surface area contributed by atoms with Gasteiger partial charge in [-0.2, -0.15) is 4.98 Å². The number of hydrogen-bond donors (Lipinski definition) is 1. The second-order valence-corrected chi connectivity index (χ2v) is 9.91. The topological polar surface area (TPSA) is 96.6 Å². The van der Waals surface area contributed by atoms with Crippen molar-refractivity contribution >= 4 is 17.7 Å². The number of pyridine rings is 1. The van der Waals surface area contributed by atoms with Gasteiger partial charge in [-0.05, 0) is 56.4 Å². The van der Waals surface area contributed by atoms with Gasteiger partial charge in [0, 0.05) is 37.7 Å². The zero-order valence-electron chi connectivity index (χ0n) is 19.8. The Morgan fingerprint density at radius 2 is 2.09 bits per heavy atom. The number of anilines is 2. The van der Waals surface area contributed by atoms with Gasteiger partial charge in [-0.1, -0.05) is 19.0 Å². The van der Waals surface area contributed by atoms with Crippen LogP contribution in [0.15, 0.2) is 16.8 Å². The number of carbonyl (C=O) groups excluding carboxylic acids is 1. The van der Waals surface area contributed by atoms with Crippen LogP contribution in [0.4, 0.5) is 16.5 Å². The monoisotopic (exact) mass is 454 g/mol. The number of ether oxygens (including phenoxy) is 1. The molecule has 2 unspecified atom stereocenters. The third kappa shape index (κ3) is 4.77. The fourth-order valence-electron chi connectivity index (χ4n) is 5.16. The molecule has 2 amide bonds. The molecule has 0 radical (unpaired) electrons. The van der Waals surface area contributed by atoms with Crippen molar-refractivity contribution in [3.05, 3.63) is 23.7 Å². The Hall–Kier alpha value is -2.84. The highest BCUT2D eigenvalue weighted by atomic mass is 16.5. The standard InChI is InChI=1S/C24H34N6O3/c1-15(2)21-27-24(33-28-21)29-8-4-17(5-9-29)20-13-18(20)6-11-32-22-16(3)12-19(14-26-22)30-10-7-25-23(30)31/h12,14-15,17-18,20H,4-11,13H2,1-3H3,(H,25,31). The van der Waals surface area contributed by atoms with Gasteiger partial charge in [0.05, 0.1) is 18.5 Å². The lowest BCUT2D eigenvalue weighted by Gasteiger charge is -2.30. The molecular weight excluding hydrogens is 420 g/mol. The fraction of sp³-hybridized carbons (Fsp3) is 0.667. The van der Waals surface area contributed by atoms with E-state index in [1.165, 1.54) is 19.3 Å². The van der Waals surface area contributed by atoms with E-state index >= 15 is 0 Å². The lowest BCUT2D eigenvalue weighted by atomic mass is 9.90. The van der Waals surface area contributed by atoms with E-state index in [-0.39, 0.29) is 11.9 Å². The minimum absolute atomic E-state index is 0.0622. The maximum atomic E-state index is 11.8. The summed E-state index contributed by atoms with van der Waals surface area (Å²) in [4.78, 5) is 24.8. The first kappa shape index (κ1) is 22.0. The number of rotatable bonds is 8. The summed E-state index contributed by atoms with van der Waals surface area (Å²) in [5.74, 6) is 4.10. The van der Waals surface area contributed by atoms with Crippen molar-refractivity contribution in [3.8, 4) is 5.88 Å². The zero-order valence-corrected chi connectivity index (χ0v) is 19.8. The lowest BCUT2D eigenvalue weighted by Crippen LogP contribution is -2.34. The molecule has 2 aromatic rings. The average Bonchev–Trinajstić information content (AvgIpc) is 3.18. The van der Waals surface area contributed by atoms with Crippen molar-refractivity contribution < 1.29 is 14.1 Å². The molecule has 1 saturated carbocycles. The van der Waals surface area contributed by atoms with Crippen LogP contribution < -0.4 is 19.9 Å². The Kier molecular flexibility index (Phi) is 6.12. The summed E-state index contributed by atoms with van der Waals surface area (Å²) in [5, 5.41) is 6.91. The smallest absolute Gasteiger partial charge is 0.324 e. The van der Waals surface area contributed by atoms with Gasteiger partial charge in [-0.3, -0.25) is 4.90 Å². The van der Waals surface area contributed by atoms with Gasteiger partial charge in [0.25, 0.3) is 0 Å². The third-order valence-corrected chi connectivity index (χ3v) is 7.25. The van der Waals surface area contributed by atoms with E-state index in [4.69, 9.17) is 9.26 Å². The van der Waals surface area contributed by atoms with Crippen LogP contribution in [0.5, 0.6) is 5.88 Å². The van der Waals surface area contributed by atoms with Crippen molar-refractivity contribution in [1.82, 2.24) is 20.4 Å². The zero-order chi connectivity index (χ0) is 22.9. The van der Waals surface area contributed by atoms with Gasteiger partial charge in [-0.15, -0.1) is 0 Å². The molecule has 3 fully saturated rings. The molecule has 178 valence electrons. The van der Waals surface area contributed by atoms with Crippen LogP contribution in [0.1, 0.15) is 56.8 Å². The summed E-state index contributed by atoms with van der Waals surface area (Å²) in [7, 11) is 0. The number of nitrogens with zero attached hydrogens (tertiary/aromatic N) is 5. The predicted octanol–water partition coefficient (Wildman–Crippen LogP) is 3.75. The molecule has 33 heavy (non-hydrogen) atoms. The maximum absolute atomic E-state index is 11.8. The SMILES string of the molecule is Cc1cc(N2CCNC2=O)cnc1OCCC1CC1C1CCN(c2nc(C(C)C)no2)CC1. The highest BCUT2D eigenvalue weighted by molar-refractivity contribution is 5.93. The van der Waals surface area contributed by atoms with E-state index in [0.717, 1.165) is 54.3 Å². The van der Waals surface area contributed by atoms with Crippen molar-refractivity contribution in [2.75, 3.05) is 42.6 Å². The molecule has 9 nitrogen and oxygen atoms in total. The van der Waals surface area contributed by atoms with Crippen molar-refractivity contribution in [3.63, 3.8) is 0 Å². The van der Waals surface area contributed by atoms with Gasteiger partial charge in [0.1, 0.15) is 0 Å². The van der Waals surface area contributed by atoms with E-state index < -0.39 is 0 Å². The quantitative estimate of drug-likeness (QED) is 0.649. The second-order valence-electron chi connectivity index (χ2n) is 9.91. The second kappa shape index (κ2) is 9.19. The molecule has 4 heterocycles. The van der Waals surface area contributed by atoms with Crippen molar-refractivity contribution in [2.24, 2.45) is 17.8 Å².